The number of ether oxygens (including phenoxy) is 1. The number of aromatic nitrogens is 1. The second-order valence-electron chi connectivity index (χ2n) is 6.24. The topological polar surface area (TPSA) is 80.3 Å². The SMILES string of the molecule is COC(=O)[C@@](NC(=O)c1ccccc1Cl)(Nc1nc2c(C)cccc2s1)C(F)(F)F. The highest BCUT2D eigenvalue weighted by Gasteiger charge is 2.64. The number of halogens is 4. The van der Waals surface area contributed by atoms with Crippen molar-refractivity contribution in [3.8, 4) is 0 Å². The van der Waals surface area contributed by atoms with E-state index in [4.69, 9.17) is 11.6 Å². The lowest BCUT2D eigenvalue weighted by Crippen LogP contribution is -2.69. The predicted octanol–water partition coefficient (Wildman–Crippen LogP) is 4.53. The van der Waals surface area contributed by atoms with Crippen LogP contribution in [0.15, 0.2) is 42.5 Å². The number of thiazole rings is 1. The van der Waals surface area contributed by atoms with E-state index < -0.39 is 23.7 Å². The van der Waals surface area contributed by atoms with E-state index in [2.05, 4.69) is 15.0 Å². The molecule has 30 heavy (non-hydrogen) atoms. The van der Waals surface area contributed by atoms with Crippen molar-refractivity contribution in [3.05, 3.63) is 58.6 Å². The maximum Gasteiger partial charge on any atom is 0.442 e. The lowest BCUT2D eigenvalue weighted by molar-refractivity contribution is -0.203. The highest BCUT2D eigenvalue weighted by molar-refractivity contribution is 7.22. The molecule has 1 heterocycles. The molecule has 0 saturated heterocycles. The Morgan fingerprint density at radius 1 is 1.13 bits per heavy atom. The van der Waals surface area contributed by atoms with Crippen molar-refractivity contribution in [2.45, 2.75) is 18.8 Å². The minimum atomic E-state index is -5.27. The number of amides is 1. The van der Waals surface area contributed by atoms with Crippen molar-refractivity contribution in [3.63, 3.8) is 0 Å². The standard InChI is InChI=1S/C19H15ClF3N3O3S/c1-10-6-5-9-13-14(10)24-17(30-13)26-18(16(28)29-2,19(21,22)23)25-15(27)11-7-3-4-8-12(11)20/h3-9H,1-2H3,(H,24,26)(H,25,27)/t18-/m1/s1. The zero-order valence-corrected chi connectivity index (χ0v) is 17.2. The van der Waals surface area contributed by atoms with Crippen molar-refractivity contribution < 1.29 is 27.5 Å². The number of nitrogens with one attached hydrogen (secondary N) is 2. The Morgan fingerprint density at radius 2 is 1.83 bits per heavy atom. The van der Waals surface area contributed by atoms with Gasteiger partial charge in [-0.15, -0.1) is 0 Å². The molecule has 0 unspecified atom stereocenters. The maximum absolute atomic E-state index is 14.2. The number of alkyl halides is 3. The molecule has 2 N–H and O–H groups in total. The lowest BCUT2D eigenvalue weighted by Gasteiger charge is -2.34. The molecule has 0 saturated carbocycles. The number of hydrogen-bond acceptors (Lipinski definition) is 6. The van der Waals surface area contributed by atoms with Crippen molar-refractivity contribution >= 4 is 50.2 Å². The molecule has 0 aliphatic carbocycles. The van der Waals surface area contributed by atoms with Crippen LogP contribution in [0.3, 0.4) is 0 Å². The van der Waals surface area contributed by atoms with Gasteiger partial charge in [-0.2, -0.15) is 13.2 Å². The van der Waals surface area contributed by atoms with Crippen LogP contribution in [0.25, 0.3) is 10.2 Å². The van der Waals surface area contributed by atoms with Crippen LogP contribution in [-0.4, -0.2) is 35.8 Å². The first kappa shape index (κ1) is 21.8. The van der Waals surface area contributed by atoms with Crippen LogP contribution in [0.2, 0.25) is 5.02 Å². The molecule has 0 bridgehead atoms. The molecule has 6 nitrogen and oxygen atoms in total. The number of nitrogens with zero attached hydrogens (tertiary/aromatic N) is 1. The van der Waals surface area contributed by atoms with E-state index >= 15 is 0 Å². The first-order chi connectivity index (χ1) is 14.1. The third-order valence-corrected chi connectivity index (χ3v) is 5.52. The van der Waals surface area contributed by atoms with E-state index in [0.29, 0.717) is 10.2 Å². The molecule has 1 amide bonds. The van der Waals surface area contributed by atoms with Gasteiger partial charge >= 0.3 is 17.8 Å². The predicted molar refractivity (Wildman–Crippen MR) is 108 cm³/mol. The molecule has 0 aliphatic heterocycles. The van der Waals surface area contributed by atoms with Crippen LogP contribution >= 0.6 is 22.9 Å². The molecule has 0 spiro atoms. The van der Waals surface area contributed by atoms with Gasteiger partial charge in [0.05, 0.1) is 27.9 Å². The molecule has 1 atom stereocenters. The number of carbonyl (C=O) groups excluding carboxylic acids is 2. The van der Waals surface area contributed by atoms with Gasteiger partial charge in [0, 0.05) is 0 Å². The van der Waals surface area contributed by atoms with Gasteiger partial charge in [-0.25, -0.2) is 9.78 Å². The largest absolute Gasteiger partial charge is 0.466 e. The van der Waals surface area contributed by atoms with E-state index in [1.165, 1.54) is 24.3 Å². The molecule has 0 fully saturated rings. The van der Waals surface area contributed by atoms with Crippen LogP contribution in [0, 0.1) is 6.92 Å². The summed E-state index contributed by atoms with van der Waals surface area (Å²) in [5.41, 5.74) is -2.60. The monoisotopic (exact) mass is 457 g/mol. The quantitative estimate of drug-likeness (QED) is 0.434. The number of carbonyl (C=O) groups is 2. The van der Waals surface area contributed by atoms with Gasteiger partial charge in [0.25, 0.3) is 5.91 Å². The second-order valence-corrected chi connectivity index (χ2v) is 7.68. The van der Waals surface area contributed by atoms with E-state index in [1.807, 2.05) is 0 Å². The first-order valence-electron chi connectivity index (χ1n) is 8.45. The Labute approximate surface area is 178 Å². The van der Waals surface area contributed by atoms with Crippen LogP contribution < -0.4 is 10.6 Å². The molecule has 1 aromatic heterocycles. The molecule has 3 aromatic rings. The number of aryl methyl sites for hydroxylation is 1. The normalized spacial score (nSPS) is 13.5. The van der Waals surface area contributed by atoms with E-state index in [0.717, 1.165) is 24.0 Å². The Morgan fingerprint density at radius 3 is 2.43 bits per heavy atom. The Bertz CT molecular complexity index is 1120. The fourth-order valence-electron chi connectivity index (χ4n) is 2.73. The van der Waals surface area contributed by atoms with Gasteiger partial charge in [0.1, 0.15) is 0 Å². The van der Waals surface area contributed by atoms with Crippen LogP contribution in [0.5, 0.6) is 0 Å². The summed E-state index contributed by atoms with van der Waals surface area (Å²) in [6, 6.07) is 10.7. The number of hydrogen-bond donors (Lipinski definition) is 2. The third kappa shape index (κ3) is 3.92. The summed E-state index contributed by atoms with van der Waals surface area (Å²) < 4.78 is 47.5. The fourth-order valence-corrected chi connectivity index (χ4v) is 3.95. The average molecular weight is 458 g/mol. The van der Waals surface area contributed by atoms with Crippen molar-refractivity contribution in [1.82, 2.24) is 10.3 Å². The highest BCUT2D eigenvalue weighted by Crippen LogP contribution is 2.36. The third-order valence-electron chi connectivity index (χ3n) is 4.25. The molecule has 3 rings (SSSR count). The highest BCUT2D eigenvalue weighted by atomic mass is 35.5. The number of methoxy groups -OCH3 is 1. The summed E-state index contributed by atoms with van der Waals surface area (Å²) in [4.78, 5) is 29.1. The van der Waals surface area contributed by atoms with Gasteiger partial charge in [-0.3, -0.25) is 4.79 Å². The minimum Gasteiger partial charge on any atom is -0.466 e. The molecular formula is C19H15ClF3N3O3S. The average Bonchev–Trinajstić information content (AvgIpc) is 3.10. The van der Waals surface area contributed by atoms with E-state index in [-0.39, 0.29) is 15.7 Å². The number of anilines is 1. The Kier molecular flexibility index (Phi) is 5.91. The summed E-state index contributed by atoms with van der Waals surface area (Å²) in [6.45, 7) is 1.75. The number of esters is 1. The van der Waals surface area contributed by atoms with Crippen molar-refractivity contribution in [2.24, 2.45) is 0 Å². The summed E-state index contributed by atoms with van der Waals surface area (Å²) in [7, 11) is 0.786. The fraction of sp³-hybridized carbons (Fsp3) is 0.211. The van der Waals surface area contributed by atoms with Crippen LogP contribution in [-0.2, 0) is 9.53 Å². The molecular weight excluding hydrogens is 443 g/mol. The summed E-state index contributed by atoms with van der Waals surface area (Å²) in [5, 5.41) is 3.47. The number of rotatable bonds is 5. The minimum absolute atomic E-state index is 0.0773. The number of benzene rings is 2. The van der Waals surface area contributed by atoms with Crippen LogP contribution in [0.4, 0.5) is 18.3 Å². The smallest absolute Gasteiger partial charge is 0.442 e. The maximum atomic E-state index is 14.2. The van der Waals surface area contributed by atoms with Crippen LogP contribution in [0.1, 0.15) is 15.9 Å². The molecule has 0 aliphatic rings. The van der Waals surface area contributed by atoms with Crippen molar-refractivity contribution in [1.29, 1.82) is 0 Å². The lowest BCUT2D eigenvalue weighted by atomic mass is 10.1. The summed E-state index contributed by atoms with van der Waals surface area (Å²) >= 11 is 6.82. The summed E-state index contributed by atoms with van der Waals surface area (Å²) in [6.07, 6.45) is -5.27. The van der Waals surface area contributed by atoms with Gasteiger partial charge < -0.3 is 15.4 Å². The Hall–Kier alpha value is -2.85. The van der Waals surface area contributed by atoms with E-state index in [1.54, 1.807) is 30.4 Å². The second kappa shape index (κ2) is 8.11. The zero-order chi connectivity index (χ0) is 22.1. The Balaban J connectivity index is 2.08. The molecule has 11 heteroatoms. The van der Waals surface area contributed by atoms with Crippen molar-refractivity contribution in [2.75, 3.05) is 12.4 Å². The van der Waals surface area contributed by atoms with Gasteiger partial charge in [0.15, 0.2) is 5.13 Å². The molecule has 158 valence electrons. The number of para-hydroxylation sites is 1. The van der Waals surface area contributed by atoms with E-state index in [9.17, 15) is 22.8 Å². The van der Waals surface area contributed by atoms with Gasteiger partial charge in [0.2, 0.25) is 0 Å². The summed E-state index contributed by atoms with van der Waals surface area (Å²) in [5.74, 6) is -2.97. The first-order valence-corrected chi connectivity index (χ1v) is 9.65. The van der Waals surface area contributed by atoms with Gasteiger partial charge in [-0.1, -0.05) is 47.2 Å². The number of fused-ring (bicyclic) bond motifs is 1. The molecule has 2 aromatic carbocycles. The zero-order valence-electron chi connectivity index (χ0n) is 15.6. The van der Waals surface area contributed by atoms with Gasteiger partial charge in [-0.05, 0) is 30.7 Å². The molecule has 0 radical (unpaired) electrons.